The second kappa shape index (κ2) is 6.97. The Morgan fingerprint density at radius 2 is 2.00 bits per heavy atom. The molecular formula is C13H27N3O. The Morgan fingerprint density at radius 1 is 1.41 bits per heavy atom. The Bertz CT molecular complexity index is 237. The summed E-state index contributed by atoms with van der Waals surface area (Å²) in [7, 11) is 0. The summed E-state index contributed by atoms with van der Waals surface area (Å²) >= 11 is 0. The van der Waals surface area contributed by atoms with Crippen LogP contribution in [0.2, 0.25) is 0 Å². The number of carbonyl (C=O) groups excluding carboxylic acids is 1. The van der Waals surface area contributed by atoms with Crippen LogP contribution in [0.25, 0.3) is 0 Å². The summed E-state index contributed by atoms with van der Waals surface area (Å²) in [5.41, 5.74) is 5.94. The molecular weight excluding hydrogens is 214 g/mol. The van der Waals surface area contributed by atoms with Crippen molar-refractivity contribution < 1.29 is 4.79 Å². The highest BCUT2D eigenvalue weighted by Crippen LogP contribution is 2.32. The monoisotopic (exact) mass is 241 g/mol. The summed E-state index contributed by atoms with van der Waals surface area (Å²) in [6.07, 6.45) is 2.88. The van der Waals surface area contributed by atoms with Gasteiger partial charge in [-0.3, -0.25) is 4.79 Å². The van der Waals surface area contributed by atoms with Crippen molar-refractivity contribution in [3.05, 3.63) is 0 Å². The van der Waals surface area contributed by atoms with Crippen molar-refractivity contribution in [2.75, 3.05) is 19.6 Å². The maximum absolute atomic E-state index is 11.7. The van der Waals surface area contributed by atoms with Crippen LogP contribution in [-0.2, 0) is 4.79 Å². The van der Waals surface area contributed by atoms with Gasteiger partial charge in [-0.1, -0.05) is 13.8 Å². The van der Waals surface area contributed by atoms with E-state index >= 15 is 0 Å². The second-order valence-electron chi connectivity index (χ2n) is 5.16. The molecule has 1 aliphatic carbocycles. The van der Waals surface area contributed by atoms with E-state index in [0.29, 0.717) is 12.3 Å². The topological polar surface area (TPSA) is 58.4 Å². The van der Waals surface area contributed by atoms with Crippen molar-refractivity contribution in [1.29, 1.82) is 0 Å². The SMILES string of the molecule is CCN(CC)CC(C)NC(=O)CC(N)C1CC1. The highest BCUT2D eigenvalue weighted by molar-refractivity contribution is 5.76. The van der Waals surface area contributed by atoms with Crippen molar-refractivity contribution in [1.82, 2.24) is 10.2 Å². The summed E-state index contributed by atoms with van der Waals surface area (Å²) in [6, 6.07) is 0.268. The zero-order chi connectivity index (χ0) is 12.8. The fraction of sp³-hybridized carbons (Fsp3) is 0.923. The molecule has 1 saturated carbocycles. The molecule has 2 unspecified atom stereocenters. The van der Waals surface area contributed by atoms with Crippen LogP contribution in [-0.4, -0.2) is 42.5 Å². The van der Waals surface area contributed by atoms with Gasteiger partial charge < -0.3 is 16.0 Å². The molecule has 100 valence electrons. The van der Waals surface area contributed by atoms with Gasteiger partial charge in [-0.15, -0.1) is 0 Å². The molecule has 0 saturated heterocycles. The quantitative estimate of drug-likeness (QED) is 0.665. The summed E-state index contributed by atoms with van der Waals surface area (Å²) in [4.78, 5) is 14.1. The van der Waals surface area contributed by atoms with Gasteiger partial charge in [0.15, 0.2) is 0 Å². The lowest BCUT2D eigenvalue weighted by Crippen LogP contribution is -2.43. The van der Waals surface area contributed by atoms with Gasteiger partial charge in [0.05, 0.1) is 0 Å². The number of likely N-dealkylation sites (N-methyl/N-ethyl adjacent to an activating group) is 1. The van der Waals surface area contributed by atoms with Gasteiger partial charge in [-0.2, -0.15) is 0 Å². The number of nitrogens with one attached hydrogen (secondary N) is 1. The van der Waals surface area contributed by atoms with Crippen LogP contribution in [0.5, 0.6) is 0 Å². The Kier molecular flexibility index (Phi) is 5.92. The number of nitrogens with zero attached hydrogens (tertiary/aromatic N) is 1. The molecule has 17 heavy (non-hydrogen) atoms. The average molecular weight is 241 g/mol. The maximum Gasteiger partial charge on any atom is 0.221 e. The van der Waals surface area contributed by atoms with Gasteiger partial charge in [0.25, 0.3) is 0 Å². The van der Waals surface area contributed by atoms with Crippen molar-refractivity contribution in [3.63, 3.8) is 0 Å². The van der Waals surface area contributed by atoms with E-state index in [1.54, 1.807) is 0 Å². The maximum atomic E-state index is 11.7. The molecule has 0 aromatic carbocycles. The van der Waals surface area contributed by atoms with Crippen LogP contribution < -0.4 is 11.1 Å². The largest absolute Gasteiger partial charge is 0.352 e. The molecule has 3 N–H and O–H groups in total. The van der Waals surface area contributed by atoms with Gasteiger partial charge >= 0.3 is 0 Å². The normalized spacial score (nSPS) is 19.1. The molecule has 1 fully saturated rings. The number of rotatable bonds is 8. The van der Waals surface area contributed by atoms with Crippen LogP contribution in [0.4, 0.5) is 0 Å². The minimum atomic E-state index is 0.0654. The molecule has 1 rings (SSSR count). The summed E-state index contributed by atoms with van der Waals surface area (Å²) < 4.78 is 0. The number of amides is 1. The molecule has 0 radical (unpaired) electrons. The van der Waals surface area contributed by atoms with Crippen LogP contribution >= 0.6 is 0 Å². The smallest absolute Gasteiger partial charge is 0.221 e. The number of carbonyl (C=O) groups is 1. The van der Waals surface area contributed by atoms with Crippen molar-refractivity contribution in [3.8, 4) is 0 Å². The van der Waals surface area contributed by atoms with Crippen LogP contribution in [0.3, 0.4) is 0 Å². The highest BCUT2D eigenvalue weighted by Gasteiger charge is 2.29. The molecule has 1 aliphatic rings. The van der Waals surface area contributed by atoms with Crippen LogP contribution in [0, 0.1) is 5.92 Å². The first-order valence-corrected chi connectivity index (χ1v) is 6.84. The number of hydrogen-bond donors (Lipinski definition) is 2. The molecule has 4 heteroatoms. The van der Waals surface area contributed by atoms with E-state index in [2.05, 4.69) is 31.0 Å². The predicted octanol–water partition coefficient (Wildman–Crippen LogP) is 0.960. The van der Waals surface area contributed by atoms with Gasteiger partial charge in [-0.05, 0) is 38.8 Å². The third-order valence-electron chi connectivity index (χ3n) is 3.48. The Morgan fingerprint density at radius 3 is 2.47 bits per heavy atom. The molecule has 0 bridgehead atoms. The van der Waals surface area contributed by atoms with Gasteiger partial charge in [0, 0.05) is 25.0 Å². The molecule has 0 heterocycles. The van der Waals surface area contributed by atoms with Crippen LogP contribution in [0.1, 0.15) is 40.0 Å². The highest BCUT2D eigenvalue weighted by atomic mass is 16.1. The van der Waals surface area contributed by atoms with E-state index in [1.807, 2.05) is 0 Å². The lowest BCUT2D eigenvalue weighted by atomic mass is 10.1. The Labute approximate surface area is 105 Å². The first kappa shape index (κ1) is 14.5. The fourth-order valence-electron chi connectivity index (χ4n) is 2.15. The third-order valence-corrected chi connectivity index (χ3v) is 3.48. The molecule has 0 spiro atoms. The summed E-state index contributed by atoms with van der Waals surface area (Å²) in [5.74, 6) is 0.697. The lowest BCUT2D eigenvalue weighted by molar-refractivity contribution is -0.122. The van der Waals surface area contributed by atoms with Gasteiger partial charge in [0.2, 0.25) is 5.91 Å². The van der Waals surface area contributed by atoms with Crippen LogP contribution in [0.15, 0.2) is 0 Å². The standard InChI is InChI=1S/C13H27N3O/c1-4-16(5-2)9-10(3)15-13(17)8-12(14)11-6-7-11/h10-12H,4-9,14H2,1-3H3,(H,15,17). The first-order chi connectivity index (χ1) is 8.06. The molecule has 0 aromatic rings. The lowest BCUT2D eigenvalue weighted by Gasteiger charge is -2.23. The zero-order valence-electron chi connectivity index (χ0n) is 11.4. The minimum absolute atomic E-state index is 0.0654. The molecule has 4 nitrogen and oxygen atoms in total. The molecule has 0 aromatic heterocycles. The van der Waals surface area contributed by atoms with E-state index in [-0.39, 0.29) is 18.0 Å². The number of nitrogens with two attached hydrogens (primary N) is 1. The zero-order valence-corrected chi connectivity index (χ0v) is 11.4. The van der Waals surface area contributed by atoms with E-state index in [4.69, 9.17) is 5.73 Å². The molecule has 2 atom stereocenters. The predicted molar refractivity (Wildman–Crippen MR) is 70.7 cm³/mol. The Hall–Kier alpha value is -0.610. The summed E-state index contributed by atoms with van der Waals surface area (Å²) in [5, 5.41) is 3.03. The van der Waals surface area contributed by atoms with E-state index < -0.39 is 0 Å². The van der Waals surface area contributed by atoms with Gasteiger partial charge in [-0.25, -0.2) is 0 Å². The van der Waals surface area contributed by atoms with E-state index in [0.717, 1.165) is 19.6 Å². The number of hydrogen-bond acceptors (Lipinski definition) is 3. The summed E-state index contributed by atoms with van der Waals surface area (Å²) in [6.45, 7) is 9.30. The molecule has 1 amide bonds. The van der Waals surface area contributed by atoms with Crippen molar-refractivity contribution in [2.24, 2.45) is 11.7 Å². The van der Waals surface area contributed by atoms with Crippen molar-refractivity contribution >= 4 is 5.91 Å². The fourth-order valence-corrected chi connectivity index (χ4v) is 2.15. The van der Waals surface area contributed by atoms with E-state index in [1.165, 1.54) is 12.8 Å². The molecule has 0 aliphatic heterocycles. The Balaban J connectivity index is 2.19. The second-order valence-corrected chi connectivity index (χ2v) is 5.16. The minimum Gasteiger partial charge on any atom is -0.352 e. The average Bonchev–Trinajstić information content (AvgIpc) is 3.09. The first-order valence-electron chi connectivity index (χ1n) is 6.84. The van der Waals surface area contributed by atoms with Gasteiger partial charge in [0.1, 0.15) is 0 Å². The van der Waals surface area contributed by atoms with Crippen molar-refractivity contribution in [2.45, 2.75) is 52.1 Å². The van der Waals surface area contributed by atoms with E-state index in [9.17, 15) is 4.79 Å². The third kappa shape index (κ3) is 5.50.